The Labute approximate surface area is 144 Å². The van der Waals surface area contributed by atoms with Gasteiger partial charge in [-0.2, -0.15) is 0 Å². The smallest absolute Gasteiger partial charge is 0.241 e. The third kappa shape index (κ3) is 3.89. The van der Waals surface area contributed by atoms with Crippen molar-refractivity contribution >= 4 is 17.5 Å². The molecule has 0 spiro atoms. The van der Waals surface area contributed by atoms with Crippen molar-refractivity contribution in [1.29, 1.82) is 0 Å². The highest BCUT2D eigenvalue weighted by atomic mass is 16.2. The number of anilines is 1. The Hall–Kier alpha value is -2.04. The van der Waals surface area contributed by atoms with E-state index in [1.807, 2.05) is 42.4 Å². The molecule has 1 saturated heterocycles. The lowest BCUT2D eigenvalue weighted by Crippen LogP contribution is -2.42. The molecule has 2 aliphatic rings. The maximum absolute atomic E-state index is 12.4. The summed E-state index contributed by atoms with van der Waals surface area (Å²) in [5, 5.41) is 6.60. The number of para-hydroxylation sites is 1. The molecule has 2 fully saturated rings. The second kappa shape index (κ2) is 7.69. The van der Waals surface area contributed by atoms with E-state index in [1.54, 1.807) is 5.01 Å². The highest BCUT2D eigenvalue weighted by molar-refractivity contribution is 5.90. The summed E-state index contributed by atoms with van der Waals surface area (Å²) >= 11 is 0. The Morgan fingerprint density at radius 1 is 1.21 bits per heavy atom. The van der Waals surface area contributed by atoms with Crippen LogP contribution in [-0.4, -0.2) is 37.0 Å². The monoisotopic (exact) mass is 329 g/mol. The summed E-state index contributed by atoms with van der Waals surface area (Å²) in [6.07, 6.45) is 6.60. The zero-order valence-electron chi connectivity index (χ0n) is 14.4. The minimum atomic E-state index is -0.243. The van der Waals surface area contributed by atoms with E-state index in [9.17, 15) is 9.59 Å². The lowest BCUT2D eigenvalue weighted by molar-refractivity contribution is -0.129. The largest absolute Gasteiger partial charge is 0.356 e. The second-order valence-electron chi connectivity index (χ2n) is 6.99. The van der Waals surface area contributed by atoms with Gasteiger partial charge in [-0.15, -0.1) is 0 Å². The summed E-state index contributed by atoms with van der Waals surface area (Å²) in [6, 6.07) is 9.76. The molecule has 5 heteroatoms. The van der Waals surface area contributed by atoms with Crippen LogP contribution in [0.25, 0.3) is 0 Å². The summed E-state index contributed by atoms with van der Waals surface area (Å²) in [4.78, 5) is 24.7. The standard InChI is InChI=1S/C19H27N3O2/c1-21(17-10-6-3-7-11-17)22-14-16(12-18(22)23)19(24)20-13-15-8-4-2-5-9-15/h3,6-7,10-11,15-16H,2,4-5,8-9,12-14H2,1H3,(H,20,24). The zero-order valence-corrected chi connectivity index (χ0v) is 14.4. The molecule has 2 amide bonds. The molecule has 1 N–H and O–H groups in total. The number of amides is 2. The molecule has 1 atom stereocenters. The van der Waals surface area contributed by atoms with Crippen molar-refractivity contribution in [2.75, 3.05) is 25.1 Å². The summed E-state index contributed by atoms with van der Waals surface area (Å²) in [5.41, 5.74) is 0.953. The Bertz CT molecular complexity index is 569. The fourth-order valence-corrected chi connectivity index (χ4v) is 3.72. The van der Waals surface area contributed by atoms with Gasteiger partial charge in [0.2, 0.25) is 11.8 Å². The van der Waals surface area contributed by atoms with Crippen molar-refractivity contribution in [2.45, 2.75) is 38.5 Å². The number of carbonyl (C=O) groups is 2. The molecule has 24 heavy (non-hydrogen) atoms. The molecule has 1 aliphatic heterocycles. The van der Waals surface area contributed by atoms with Crippen molar-refractivity contribution in [3.63, 3.8) is 0 Å². The van der Waals surface area contributed by atoms with Gasteiger partial charge in [0.05, 0.1) is 18.2 Å². The van der Waals surface area contributed by atoms with Gasteiger partial charge in [0.1, 0.15) is 0 Å². The number of hydrogen-bond acceptors (Lipinski definition) is 3. The SMILES string of the molecule is CN(c1ccccc1)N1CC(C(=O)NCC2CCCCC2)CC1=O. The fourth-order valence-electron chi connectivity index (χ4n) is 3.72. The molecule has 0 aromatic heterocycles. The molecule has 1 aliphatic carbocycles. The van der Waals surface area contributed by atoms with Crippen LogP contribution in [0.2, 0.25) is 0 Å². The average Bonchev–Trinajstić information content (AvgIpc) is 3.02. The van der Waals surface area contributed by atoms with Gasteiger partial charge in [-0.25, -0.2) is 0 Å². The van der Waals surface area contributed by atoms with Gasteiger partial charge in [-0.1, -0.05) is 37.5 Å². The van der Waals surface area contributed by atoms with Crippen LogP contribution in [0.15, 0.2) is 30.3 Å². The molecular weight excluding hydrogens is 302 g/mol. The van der Waals surface area contributed by atoms with Gasteiger partial charge in [0, 0.05) is 20.0 Å². The van der Waals surface area contributed by atoms with E-state index >= 15 is 0 Å². The van der Waals surface area contributed by atoms with E-state index in [4.69, 9.17) is 0 Å². The molecule has 1 saturated carbocycles. The first-order valence-corrected chi connectivity index (χ1v) is 9.02. The molecule has 1 heterocycles. The first kappa shape index (κ1) is 16.8. The third-order valence-electron chi connectivity index (χ3n) is 5.25. The van der Waals surface area contributed by atoms with Crippen molar-refractivity contribution in [1.82, 2.24) is 10.3 Å². The van der Waals surface area contributed by atoms with Crippen LogP contribution in [0, 0.1) is 11.8 Å². The summed E-state index contributed by atoms with van der Waals surface area (Å²) < 4.78 is 0. The lowest BCUT2D eigenvalue weighted by Gasteiger charge is -2.30. The van der Waals surface area contributed by atoms with Crippen molar-refractivity contribution in [3.05, 3.63) is 30.3 Å². The quantitative estimate of drug-likeness (QED) is 0.903. The van der Waals surface area contributed by atoms with Crippen LogP contribution in [0.1, 0.15) is 38.5 Å². The van der Waals surface area contributed by atoms with Gasteiger partial charge in [0.15, 0.2) is 0 Å². The van der Waals surface area contributed by atoms with Gasteiger partial charge in [0.25, 0.3) is 0 Å². The number of carbonyl (C=O) groups excluding carboxylic acids is 2. The van der Waals surface area contributed by atoms with Gasteiger partial charge in [-0.05, 0) is 30.9 Å². The van der Waals surface area contributed by atoms with E-state index < -0.39 is 0 Å². The van der Waals surface area contributed by atoms with E-state index in [0.29, 0.717) is 18.9 Å². The molecule has 1 unspecified atom stereocenters. The molecule has 3 rings (SSSR count). The summed E-state index contributed by atoms with van der Waals surface area (Å²) in [7, 11) is 1.87. The molecule has 0 radical (unpaired) electrons. The van der Waals surface area contributed by atoms with Crippen LogP contribution >= 0.6 is 0 Å². The highest BCUT2D eigenvalue weighted by Crippen LogP contribution is 2.25. The summed E-state index contributed by atoms with van der Waals surface area (Å²) in [6.45, 7) is 1.22. The lowest BCUT2D eigenvalue weighted by atomic mass is 9.89. The van der Waals surface area contributed by atoms with Crippen LogP contribution in [0.3, 0.4) is 0 Å². The predicted octanol–water partition coefficient (Wildman–Crippen LogP) is 2.58. The van der Waals surface area contributed by atoms with E-state index in [-0.39, 0.29) is 17.7 Å². The number of nitrogens with zero attached hydrogens (tertiary/aromatic N) is 2. The molecule has 1 aromatic carbocycles. The Kier molecular flexibility index (Phi) is 5.38. The topological polar surface area (TPSA) is 52.6 Å². The van der Waals surface area contributed by atoms with Crippen LogP contribution in [0.4, 0.5) is 5.69 Å². The molecule has 0 bridgehead atoms. The maximum Gasteiger partial charge on any atom is 0.241 e. The van der Waals surface area contributed by atoms with E-state index in [0.717, 1.165) is 12.2 Å². The van der Waals surface area contributed by atoms with Gasteiger partial charge < -0.3 is 5.32 Å². The second-order valence-corrected chi connectivity index (χ2v) is 6.99. The number of rotatable bonds is 5. The highest BCUT2D eigenvalue weighted by Gasteiger charge is 2.36. The maximum atomic E-state index is 12.4. The average molecular weight is 329 g/mol. The normalized spacial score (nSPS) is 21.8. The molecular formula is C19H27N3O2. The van der Waals surface area contributed by atoms with Crippen molar-refractivity contribution < 1.29 is 9.59 Å². The molecule has 5 nitrogen and oxygen atoms in total. The van der Waals surface area contributed by atoms with Crippen molar-refractivity contribution in [2.24, 2.45) is 11.8 Å². The minimum Gasteiger partial charge on any atom is -0.356 e. The summed E-state index contributed by atoms with van der Waals surface area (Å²) in [5.74, 6) is 0.409. The molecule has 130 valence electrons. The number of nitrogens with one attached hydrogen (secondary N) is 1. The minimum absolute atomic E-state index is 0.0131. The fraction of sp³-hybridized carbons (Fsp3) is 0.579. The number of hydrazine groups is 1. The first-order valence-electron chi connectivity index (χ1n) is 9.02. The van der Waals surface area contributed by atoms with Crippen LogP contribution < -0.4 is 10.3 Å². The Morgan fingerprint density at radius 2 is 1.92 bits per heavy atom. The van der Waals surface area contributed by atoms with E-state index in [1.165, 1.54) is 32.1 Å². The first-order chi connectivity index (χ1) is 11.6. The van der Waals surface area contributed by atoms with E-state index in [2.05, 4.69) is 5.32 Å². The van der Waals surface area contributed by atoms with Crippen LogP contribution in [0.5, 0.6) is 0 Å². The Balaban J connectivity index is 1.53. The Morgan fingerprint density at radius 3 is 2.62 bits per heavy atom. The zero-order chi connectivity index (χ0) is 16.9. The van der Waals surface area contributed by atoms with Crippen molar-refractivity contribution in [3.8, 4) is 0 Å². The molecule has 1 aromatic rings. The van der Waals surface area contributed by atoms with Crippen LogP contribution in [-0.2, 0) is 9.59 Å². The van der Waals surface area contributed by atoms with Gasteiger partial charge >= 0.3 is 0 Å². The number of benzene rings is 1. The predicted molar refractivity (Wildman–Crippen MR) is 94.2 cm³/mol. The third-order valence-corrected chi connectivity index (χ3v) is 5.25. The van der Waals surface area contributed by atoms with Gasteiger partial charge in [-0.3, -0.25) is 19.6 Å². The number of hydrogen-bond donors (Lipinski definition) is 1.